The number of amides is 2. The second kappa shape index (κ2) is 4.73. The number of alkyl halides is 3. The Kier molecular flexibility index (Phi) is 3.60. The standard InChI is InChI=1S/C9H9F3N2O2/c1-16-7-4-2-3-6(5-7)13-8(15)14-9(10,11)12/h2-5H,1H3,(H2,13,14,15). The van der Waals surface area contributed by atoms with E-state index in [2.05, 4.69) is 0 Å². The van der Waals surface area contributed by atoms with Crippen LogP contribution >= 0.6 is 0 Å². The van der Waals surface area contributed by atoms with Crippen molar-refractivity contribution < 1.29 is 22.7 Å². The molecule has 0 fully saturated rings. The lowest BCUT2D eigenvalue weighted by molar-refractivity contribution is -0.144. The van der Waals surface area contributed by atoms with Crippen LogP contribution < -0.4 is 15.4 Å². The Labute approximate surface area is 89.4 Å². The number of rotatable bonds is 2. The zero-order valence-electron chi connectivity index (χ0n) is 8.26. The Hall–Kier alpha value is -1.92. The van der Waals surface area contributed by atoms with Gasteiger partial charge < -0.3 is 10.1 Å². The number of ether oxygens (including phenoxy) is 1. The Morgan fingerprint density at radius 2 is 2.06 bits per heavy atom. The molecule has 4 nitrogen and oxygen atoms in total. The van der Waals surface area contributed by atoms with Crippen molar-refractivity contribution in [2.75, 3.05) is 12.4 Å². The summed E-state index contributed by atoms with van der Waals surface area (Å²) in [6.07, 6.45) is -4.75. The first-order valence-electron chi connectivity index (χ1n) is 4.20. The molecule has 1 aromatic rings. The fourth-order valence-corrected chi connectivity index (χ4v) is 0.992. The van der Waals surface area contributed by atoms with Crippen LogP contribution in [0.15, 0.2) is 24.3 Å². The highest BCUT2D eigenvalue weighted by Gasteiger charge is 2.29. The summed E-state index contributed by atoms with van der Waals surface area (Å²) in [7, 11) is 1.41. The maximum Gasteiger partial charge on any atom is 0.485 e. The summed E-state index contributed by atoms with van der Waals surface area (Å²) in [5, 5.41) is 2.84. The number of carbonyl (C=O) groups excluding carboxylic acids is 1. The smallest absolute Gasteiger partial charge is 0.485 e. The number of carbonyl (C=O) groups is 1. The lowest BCUT2D eigenvalue weighted by atomic mass is 10.3. The third-order valence-electron chi connectivity index (χ3n) is 1.58. The molecule has 0 unspecified atom stereocenters. The molecule has 0 aliphatic heterocycles. The minimum absolute atomic E-state index is 0.209. The van der Waals surface area contributed by atoms with Crippen molar-refractivity contribution in [1.29, 1.82) is 0 Å². The molecule has 1 rings (SSSR count). The van der Waals surface area contributed by atoms with Gasteiger partial charge in [0.25, 0.3) is 0 Å². The van der Waals surface area contributed by atoms with Gasteiger partial charge in [-0.05, 0) is 12.1 Å². The van der Waals surface area contributed by atoms with E-state index in [-0.39, 0.29) is 5.69 Å². The first-order valence-corrected chi connectivity index (χ1v) is 4.20. The van der Waals surface area contributed by atoms with E-state index in [1.807, 2.05) is 5.32 Å². The summed E-state index contributed by atoms with van der Waals surface area (Å²) in [4.78, 5) is 10.8. The summed E-state index contributed by atoms with van der Waals surface area (Å²) in [6.45, 7) is 0. The molecule has 88 valence electrons. The van der Waals surface area contributed by atoms with Gasteiger partial charge in [0.05, 0.1) is 7.11 Å². The van der Waals surface area contributed by atoms with E-state index in [1.165, 1.54) is 19.2 Å². The van der Waals surface area contributed by atoms with Crippen LogP contribution in [0.3, 0.4) is 0 Å². The molecule has 0 aliphatic carbocycles. The maximum absolute atomic E-state index is 11.8. The number of methoxy groups -OCH3 is 1. The molecule has 0 atom stereocenters. The molecule has 0 heterocycles. The van der Waals surface area contributed by atoms with E-state index >= 15 is 0 Å². The van der Waals surface area contributed by atoms with Gasteiger partial charge in [-0.3, -0.25) is 0 Å². The van der Waals surface area contributed by atoms with Crippen molar-refractivity contribution in [2.24, 2.45) is 0 Å². The van der Waals surface area contributed by atoms with Gasteiger partial charge in [0.15, 0.2) is 0 Å². The van der Waals surface area contributed by atoms with Crippen LogP contribution in [0.5, 0.6) is 5.75 Å². The Morgan fingerprint density at radius 3 is 2.62 bits per heavy atom. The molecule has 0 bridgehead atoms. The van der Waals surface area contributed by atoms with Crippen LogP contribution in [0, 0.1) is 0 Å². The summed E-state index contributed by atoms with van der Waals surface area (Å²) >= 11 is 0. The van der Waals surface area contributed by atoms with Gasteiger partial charge in [-0.1, -0.05) is 6.07 Å². The van der Waals surface area contributed by atoms with E-state index < -0.39 is 12.3 Å². The first-order chi connectivity index (χ1) is 7.40. The SMILES string of the molecule is COc1cccc(NC(=O)NC(F)(F)F)c1. The van der Waals surface area contributed by atoms with Crippen molar-refractivity contribution in [3.63, 3.8) is 0 Å². The number of halogens is 3. The monoisotopic (exact) mass is 234 g/mol. The van der Waals surface area contributed by atoms with Gasteiger partial charge in [0.1, 0.15) is 5.75 Å². The van der Waals surface area contributed by atoms with Crippen LogP contribution in [0.2, 0.25) is 0 Å². The molecule has 1 aromatic carbocycles. The third kappa shape index (κ3) is 4.07. The van der Waals surface area contributed by atoms with Crippen molar-refractivity contribution in [3.8, 4) is 5.75 Å². The predicted octanol–water partition coefficient (Wildman–Crippen LogP) is 2.34. The van der Waals surface area contributed by atoms with E-state index in [4.69, 9.17) is 4.74 Å². The zero-order valence-corrected chi connectivity index (χ0v) is 8.26. The van der Waals surface area contributed by atoms with Gasteiger partial charge in [-0.15, -0.1) is 0 Å². The summed E-state index contributed by atoms with van der Waals surface area (Å²) < 4.78 is 40.1. The average Bonchev–Trinajstić information content (AvgIpc) is 2.15. The van der Waals surface area contributed by atoms with Gasteiger partial charge in [0, 0.05) is 11.8 Å². The molecule has 0 spiro atoms. The van der Waals surface area contributed by atoms with Crippen LogP contribution in [0.1, 0.15) is 0 Å². The molecule has 7 heteroatoms. The van der Waals surface area contributed by atoms with Gasteiger partial charge in [-0.2, -0.15) is 13.2 Å². The quantitative estimate of drug-likeness (QED) is 0.771. The minimum atomic E-state index is -4.75. The number of hydrogen-bond donors (Lipinski definition) is 2. The molecule has 0 aromatic heterocycles. The number of urea groups is 1. The number of anilines is 1. The summed E-state index contributed by atoms with van der Waals surface area (Å²) in [6, 6.07) is 4.64. The van der Waals surface area contributed by atoms with Gasteiger partial charge in [0.2, 0.25) is 0 Å². The van der Waals surface area contributed by atoms with Crippen LogP contribution in [-0.2, 0) is 0 Å². The van der Waals surface area contributed by atoms with E-state index in [0.29, 0.717) is 5.75 Å². The summed E-state index contributed by atoms with van der Waals surface area (Å²) in [5.74, 6) is 0.435. The van der Waals surface area contributed by atoms with Crippen molar-refractivity contribution >= 4 is 11.7 Å². The van der Waals surface area contributed by atoms with Crippen molar-refractivity contribution in [3.05, 3.63) is 24.3 Å². The molecule has 0 saturated carbocycles. The highest BCUT2D eigenvalue weighted by Crippen LogP contribution is 2.17. The number of nitrogens with one attached hydrogen (secondary N) is 2. The fraction of sp³-hybridized carbons (Fsp3) is 0.222. The molecular weight excluding hydrogens is 225 g/mol. The van der Waals surface area contributed by atoms with Crippen molar-refractivity contribution in [2.45, 2.75) is 6.30 Å². The molecule has 0 radical (unpaired) electrons. The van der Waals surface area contributed by atoms with Crippen LogP contribution in [0.25, 0.3) is 0 Å². The predicted molar refractivity (Wildman–Crippen MR) is 51.2 cm³/mol. The highest BCUT2D eigenvalue weighted by molar-refractivity contribution is 5.89. The number of benzene rings is 1. The van der Waals surface area contributed by atoms with E-state index in [1.54, 1.807) is 12.1 Å². The van der Waals surface area contributed by atoms with E-state index in [9.17, 15) is 18.0 Å². The number of hydrogen-bond acceptors (Lipinski definition) is 2. The maximum atomic E-state index is 11.8. The highest BCUT2D eigenvalue weighted by atomic mass is 19.4. The average molecular weight is 234 g/mol. The molecule has 0 saturated heterocycles. The lowest BCUT2D eigenvalue weighted by Crippen LogP contribution is -2.40. The second-order valence-corrected chi connectivity index (χ2v) is 2.81. The topological polar surface area (TPSA) is 50.4 Å². The molecular formula is C9H9F3N2O2. The molecule has 16 heavy (non-hydrogen) atoms. The zero-order chi connectivity index (χ0) is 12.2. The first kappa shape index (κ1) is 12.2. The summed E-state index contributed by atoms with van der Waals surface area (Å²) in [5.41, 5.74) is 0.209. The molecule has 0 aliphatic rings. The Morgan fingerprint density at radius 1 is 1.38 bits per heavy atom. The van der Waals surface area contributed by atoms with Crippen molar-refractivity contribution in [1.82, 2.24) is 5.32 Å². The van der Waals surface area contributed by atoms with Gasteiger partial charge in [-0.25, -0.2) is 10.1 Å². The molecule has 2 amide bonds. The van der Waals surface area contributed by atoms with Gasteiger partial charge >= 0.3 is 12.3 Å². The second-order valence-electron chi connectivity index (χ2n) is 2.81. The van der Waals surface area contributed by atoms with Crippen LogP contribution in [-0.4, -0.2) is 19.4 Å². The third-order valence-corrected chi connectivity index (χ3v) is 1.58. The van der Waals surface area contributed by atoms with E-state index in [0.717, 1.165) is 5.32 Å². The Bertz CT molecular complexity index is 379. The lowest BCUT2D eigenvalue weighted by Gasteiger charge is -2.10. The minimum Gasteiger partial charge on any atom is -0.497 e. The normalized spacial score (nSPS) is 10.8. The fourth-order valence-electron chi connectivity index (χ4n) is 0.992. The largest absolute Gasteiger partial charge is 0.497 e. The Balaban J connectivity index is 2.62. The molecule has 2 N–H and O–H groups in total. The van der Waals surface area contributed by atoms with Crippen LogP contribution in [0.4, 0.5) is 23.7 Å².